The van der Waals surface area contributed by atoms with Gasteiger partial charge in [0.05, 0.1) is 44.8 Å². The van der Waals surface area contributed by atoms with E-state index in [1.54, 1.807) is 72.8 Å². The Kier molecular flexibility index (Phi) is 13.0. The van der Waals surface area contributed by atoms with Crippen molar-refractivity contribution >= 4 is 75.3 Å². The van der Waals surface area contributed by atoms with Gasteiger partial charge in [-0.25, -0.2) is 40.2 Å². The van der Waals surface area contributed by atoms with Gasteiger partial charge in [-0.15, -0.1) is 0 Å². The molecule has 0 aliphatic rings. The lowest BCUT2D eigenvalue weighted by atomic mass is 10.1. The lowest BCUT2D eigenvalue weighted by Crippen LogP contribution is -2.30. The first kappa shape index (κ1) is 36.8. The van der Waals surface area contributed by atoms with Crippen LogP contribution < -0.4 is 14.3 Å². The van der Waals surface area contributed by atoms with Crippen LogP contribution in [-0.2, 0) is 37.9 Å². The normalized spacial score (nSPS) is 11.2. The number of aromatic nitrogens is 2. The molecule has 0 aliphatic carbocycles. The van der Waals surface area contributed by atoms with Gasteiger partial charge in [-0.1, -0.05) is 36.4 Å². The highest BCUT2D eigenvalue weighted by molar-refractivity contribution is 9.10. The number of ether oxygens (including phenoxy) is 1. The van der Waals surface area contributed by atoms with Gasteiger partial charge in [0.15, 0.2) is 5.78 Å². The maximum atomic E-state index is 12.0. The zero-order chi connectivity index (χ0) is 34.1. The van der Waals surface area contributed by atoms with Crippen LogP contribution in [0.1, 0.15) is 31.8 Å². The molecule has 2 N–H and O–H groups in total. The van der Waals surface area contributed by atoms with Crippen LogP contribution in [0, 0.1) is 0 Å². The topological polar surface area (TPSA) is 170 Å². The number of methoxy groups -OCH3 is 1. The molecule has 0 saturated heterocycles. The molecular weight excluding hydrogens is 766 g/mol. The van der Waals surface area contributed by atoms with Gasteiger partial charge in [-0.2, -0.15) is 0 Å². The Hall–Kier alpha value is -3.70. The number of nitrogens with zero attached hydrogens (tertiary/aromatic N) is 4. The van der Waals surface area contributed by atoms with Crippen LogP contribution in [0.3, 0.4) is 0 Å². The molecule has 244 valence electrons. The fraction of sp³-hybridized carbons (Fsp3) is 0.200. The first-order valence-electron chi connectivity index (χ1n) is 13.3. The fourth-order valence-corrected chi connectivity index (χ4v) is 6.01. The highest BCUT2D eigenvalue weighted by atomic mass is 79.9. The van der Waals surface area contributed by atoms with Crippen LogP contribution in [-0.4, -0.2) is 64.7 Å². The van der Waals surface area contributed by atoms with E-state index in [4.69, 9.17) is 5.73 Å². The molecule has 0 radical (unpaired) electrons. The van der Waals surface area contributed by atoms with E-state index in [2.05, 4.69) is 46.6 Å². The molecule has 0 spiro atoms. The van der Waals surface area contributed by atoms with Crippen LogP contribution in [0.25, 0.3) is 0 Å². The Balaban J connectivity index is 0.000000250. The van der Waals surface area contributed by atoms with Gasteiger partial charge in [0, 0.05) is 26.9 Å². The number of hydrogen-bond donors (Lipinski definition) is 1. The number of carbonyl (C=O) groups is 2. The number of Topliss-reactive ketones (excluding diaryl/α,β-unsaturated/α-hetero) is 1. The molecule has 2 heterocycles. The predicted octanol–water partition coefficient (Wildman–Crippen LogP) is 4.55. The van der Waals surface area contributed by atoms with E-state index in [9.17, 15) is 26.4 Å². The first-order chi connectivity index (χ1) is 21.6. The highest BCUT2D eigenvalue weighted by Crippen LogP contribution is 2.22. The summed E-state index contributed by atoms with van der Waals surface area (Å²) >= 11 is 6.53. The Morgan fingerprint density at radius 2 is 1.09 bits per heavy atom. The molecule has 0 atom stereocenters. The second-order valence-electron chi connectivity index (χ2n) is 9.72. The van der Waals surface area contributed by atoms with Crippen molar-refractivity contribution in [3.63, 3.8) is 0 Å². The summed E-state index contributed by atoms with van der Waals surface area (Å²) in [7, 11) is -5.68. The van der Waals surface area contributed by atoms with Gasteiger partial charge in [0.1, 0.15) is 11.6 Å². The Morgan fingerprint density at radius 1 is 0.696 bits per heavy atom. The lowest BCUT2D eigenvalue weighted by molar-refractivity contribution is 0.0600. The molecule has 2 aromatic heterocycles. The molecule has 2 aromatic carbocycles. The van der Waals surface area contributed by atoms with Gasteiger partial charge in [0.2, 0.25) is 20.0 Å². The average Bonchev–Trinajstić information content (AvgIpc) is 3.02. The molecule has 0 bridgehead atoms. The number of anilines is 2. The monoisotopic (exact) mass is 795 g/mol. The van der Waals surface area contributed by atoms with Crippen molar-refractivity contribution in [1.29, 1.82) is 0 Å². The molecule has 12 nitrogen and oxygen atoms in total. The smallest absolute Gasteiger partial charge is 0.337 e. The summed E-state index contributed by atoms with van der Waals surface area (Å²) in [6, 6.07) is 19.9. The number of pyridine rings is 2. The molecule has 0 fully saturated rings. The molecule has 16 heteroatoms. The van der Waals surface area contributed by atoms with Gasteiger partial charge >= 0.3 is 5.97 Å². The third kappa shape index (κ3) is 10.7. The van der Waals surface area contributed by atoms with Crippen LogP contribution in [0.4, 0.5) is 11.6 Å². The molecule has 4 aromatic rings. The summed E-state index contributed by atoms with van der Waals surface area (Å²) in [5.74, 6) is 0.0581. The zero-order valence-electron chi connectivity index (χ0n) is 25.0. The average molecular weight is 798 g/mol. The fourth-order valence-electron chi connectivity index (χ4n) is 3.88. The molecule has 0 amide bonds. The Morgan fingerprint density at radius 3 is 1.39 bits per heavy atom. The van der Waals surface area contributed by atoms with Gasteiger partial charge in [-0.05, 0) is 79.4 Å². The second-order valence-corrected chi connectivity index (χ2v) is 15.4. The van der Waals surface area contributed by atoms with Gasteiger partial charge < -0.3 is 10.5 Å². The standard InChI is InChI=1S/C15H16BrN3O3S.C15H15BrN2O4S/c1-23(21,22)19(15-7-6-13(16)9-18-15)10-11-2-4-12(5-3-11)14(20)8-17;1-22-15(19)12-5-3-11(4-6-12)10-18(23(2,20)21)14-8-7-13(16)9-17-14/h2-7,9H,8,10,17H2,1H3;3-9H,10H2,1-2H3. The minimum absolute atomic E-state index is 0.0579. The zero-order valence-corrected chi connectivity index (χ0v) is 29.8. The molecule has 4 rings (SSSR count). The summed E-state index contributed by atoms with van der Waals surface area (Å²) in [5.41, 5.74) is 7.70. The van der Waals surface area contributed by atoms with E-state index in [1.165, 1.54) is 28.1 Å². The summed E-state index contributed by atoms with van der Waals surface area (Å²) in [6.07, 6.45) is 5.33. The van der Waals surface area contributed by atoms with Crippen molar-refractivity contribution in [2.75, 3.05) is 34.8 Å². The third-order valence-electron chi connectivity index (χ3n) is 6.22. The van der Waals surface area contributed by atoms with Crippen molar-refractivity contribution in [3.8, 4) is 0 Å². The third-order valence-corrected chi connectivity index (χ3v) is 9.40. The minimum atomic E-state index is -3.50. The number of sulfonamides is 2. The second kappa shape index (κ2) is 16.2. The van der Waals surface area contributed by atoms with Crippen molar-refractivity contribution in [3.05, 3.63) is 116 Å². The summed E-state index contributed by atoms with van der Waals surface area (Å²) in [4.78, 5) is 31.2. The number of hydrogen-bond acceptors (Lipinski definition) is 10. The summed E-state index contributed by atoms with van der Waals surface area (Å²) in [6.45, 7) is 0.192. The van der Waals surface area contributed by atoms with Crippen molar-refractivity contribution in [2.24, 2.45) is 5.73 Å². The van der Waals surface area contributed by atoms with E-state index in [1.807, 2.05) is 0 Å². The van der Waals surface area contributed by atoms with Gasteiger partial charge in [-0.3, -0.25) is 4.79 Å². The highest BCUT2D eigenvalue weighted by Gasteiger charge is 2.20. The first-order valence-corrected chi connectivity index (χ1v) is 18.6. The van der Waals surface area contributed by atoms with Crippen LogP contribution in [0.15, 0.2) is 94.1 Å². The molecule has 0 saturated carbocycles. The number of esters is 1. The Bertz CT molecular complexity index is 1720. The molecule has 0 unspecified atom stereocenters. The molecule has 46 heavy (non-hydrogen) atoms. The number of ketones is 1. The van der Waals surface area contributed by atoms with E-state index in [0.29, 0.717) is 22.8 Å². The van der Waals surface area contributed by atoms with E-state index in [0.717, 1.165) is 32.6 Å². The maximum Gasteiger partial charge on any atom is 0.337 e. The largest absolute Gasteiger partial charge is 0.465 e. The summed E-state index contributed by atoms with van der Waals surface area (Å²) in [5, 5.41) is 0. The van der Waals surface area contributed by atoms with E-state index in [-0.39, 0.29) is 25.4 Å². The van der Waals surface area contributed by atoms with Crippen molar-refractivity contribution in [2.45, 2.75) is 13.1 Å². The number of rotatable bonds is 11. The lowest BCUT2D eigenvalue weighted by Gasteiger charge is -2.21. The van der Waals surface area contributed by atoms with Crippen LogP contribution in [0.2, 0.25) is 0 Å². The van der Waals surface area contributed by atoms with E-state index >= 15 is 0 Å². The SMILES string of the molecule is COC(=O)c1ccc(CN(c2ccc(Br)cn2)S(C)(=O)=O)cc1.CS(=O)(=O)N(Cc1ccc(C(=O)CN)cc1)c1ccc(Br)cn1. The number of carbonyl (C=O) groups excluding carboxylic acids is 2. The molecule has 0 aliphatic heterocycles. The van der Waals surface area contributed by atoms with Crippen LogP contribution in [0.5, 0.6) is 0 Å². The van der Waals surface area contributed by atoms with Gasteiger partial charge in [0.25, 0.3) is 0 Å². The van der Waals surface area contributed by atoms with Crippen molar-refractivity contribution in [1.82, 2.24) is 9.97 Å². The number of benzene rings is 2. The van der Waals surface area contributed by atoms with E-state index < -0.39 is 26.0 Å². The number of halogens is 2. The minimum Gasteiger partial charge on any atom is -0.465 e. The van der Waals surface area contributed by atoms with Crippen molar-refractivity contribution < 1.29 is 31.2 Å². The molecular formula is C30H31Br2N5O7S2. The predicted molar refractivity (Wildman–Crippen MR) is 184 cm³/mol. The number of nitrogens with two attached hydrogens (primary N) is 1. The quantitative estimate of drug-likeness (QED) is 0.168. The summed E-state index contributed by atoms with van der Waals surface area (Å²) < 4.78 is 56.7. The Labute approximate surface area is 285 Å². The van der Waals surface area contributed by atoms with Crippen LogP contribution >= 0.6 is 31.9 Å². The maximum absolute atomic E-state index is 12.0.